The fourth-order valence-corrected chi connectivity index (χ4v) is 3.80. The lowest BCUT2D eigenvalue weighted by molar-refractivity contribution is 1.70. The van der Waals surface area contributed by atoms with Gasteiger partial charge in [-0.15, -0.1) is 11.1 Å². The summed E-state index contributed by atoms with van der Waals surface area (Å²) >= 11 is 0. The summed E-state index contributed by atoms with van der Waals surface area (Å²) in [4.78, 5) is 0. The molecule has 0 amide bonds. The van der Waals surface area contributed by atoms with Gasteiger partial charge in [0, 0.05) is 11.1 Å². The van der Waals surface area contributed by atoms with Gasteiger partial charge in [-0.1, -0.05) is 75.4 Å². The third-order valence-corrected chi connectivity index (χ3v) is 5.77. The molecule has 0 atom stereocenters. The van der Waals surface area contributed by atoms with E-state index < -0.39 is 16.1 Å². The van der Waals surface area contributed by atoms with E-state index in [4.69, 9.17) is 0 Å². The van der Waals surface area contributed by atoms with E-state index in [0.29, 0.717) is 0 Å². The molecule has 0 saturated carbocycles. The van der Waals surface area contributed by atoms with E-state index >= 15 is 0 Å². The first-order valence-electron chi connectivity index (χ1n) is 9.14. The van der Waals surface area contributed by atoms with Gasteiger partial charge in [0.15, 0.2) is 0 Å². The highest BCUT2D eigenvalue weighted by molar-refractivity contribution is 6.84. The molecule has 0 saturated heterocycles. The summed E-state index contributed by atoms with van der Waals surface area (Å²) in [7, 11) is -2.79. The minimum Gasteiger partial charge on any atom is -0.127 e. The third kappa shape index (κ3) is 4.47. The topological polar surface area (TPSA) is 0 Å². The minimum atomic E-state index is -1.39. The molecule has 0 N–H and O–H groups in total. The van der Waals surface area contributed by atoms with Gasteiger partial charge in [0.2, 0.25) is 0 Å². The summed E-state index contributed by atoms with van der Waals surface area (Å²) in [5.74, 6) is 6.88. The molecule has 0 fully saturated rings. The van der Waals surface area contributed by atoms with E-state index in [1.807, 2.05) is 0 Å². The molecule has 0 unspecified atom stereocenters. The Kier molecular flexibility index (Phi) is 4.85. The zero-order valence-electron chi connectivity index (χ0n) is 16.6. The van der Waals surface area contributed by atoms with Crippen molar-refractivity contribution < 1.29 is 0 Å². The summed E-state index contributed by atoms with van der Waals surface area (Å²) in [6.45, 7) is 13.7. The molecule has 0 nitrogen and oxygen atoms in total. The van der Waals surface area contributed by atoms with Crippen LogP contribution in [-0.4, -0.2) is 16.1 Å². The smallest absolute Gasteiger partial charge is 0.127 e. The predicted octanol–water partition coefficient (Wildman–Crippen LogP) is 6.45. The molecule has 0 aliphatic carbocycles. The molecule has 0 heterocycles. The third-order valence-electron chi connectivity index (χ3n) is 4.02. The first-order chi connectivity index (χ1) is 12.1. The molecule has 26 heavy (non-hydrogen) atoms. The standard InChI is InChI=1S/C24H26Si2/c1-25(2,3)15-13-19-9-7-11-21-18-24-20(14-16-26(4,5)6)10-8-12-22(24)17-23(19)21/h7-12,17-18H,1-6H3. The minimum absolute atomic E-state index is 1.13. The Morgan fingerprint density at radius 2 is 0.962 bits per heavy atom. The molecule has 0 aliphatic rings. The van der Waals surface area contributed by atoms with E-state index in [1.165, 1.54) is 21.5 Å². The number of hydrogen-bond donors (Lipinski definition) is 0. The zero-order valence-corrected chi connectivity index (χ0v) is 18.6. The Labute approximate surface area is 159 Å². The number of rotatable bonds is 0. The second-order valence-electron chi connectivity index (χ2n) is 8.91. The molecular weight excluding hydrogens is 344 g/mol. The van der Waals surface area contributed by atoms with Crippen LogP contribution in [0.25, 0.3) is 21.5 Å². The molecule has 130 valence electrons. The second-order valence-corrected chi connectivity index (χ2v) is 18.4. The van der Waals surface area contributed by atoms with Crippen LogP contribution in [0.3, 0.4) is 0 Å². The first-order valence-corrected chi connectivity index (χ1v) is 16.1. The molecule has 0 aromatic heterocycles. The lowest BCUT2D eigenvalue weighted by Gasteiger charge is -2.08. The molecule has 0 radical (unpaired) electrons. The Balaban J connectivity index is 2.23. The number of hydrogen-bond acceptors (Lipinski definition) is 0. The van der Waals surface area contributed by atoms with Crippen molar-refractivity contribution in [2.24, 2.45) is 0 Å². The molecule has 0 spiro atoms. The lowest BCUT2D eigenvalue weighted by atomic mass is 9.97. The maximum Gasteiger partial charge on any atom is 0.129 e. The SMILES string of the molecule is C[Si](C)(C)C#Cc1cccc2cc3c(C#C[Si](C)(C)C)cccc3cc12. The van der Waals surface area contributed by atoms with E-state index in [1.54, 1.807) is 0 Å². The summed E-state index contributed by atoms with van der Waals surface area (Å²) in [5.41, 5.74) is 9.26. The molecule has 0 aliphatic heterocycles. The second kappa shape index (κ2) is 6.80. The van der Waals surface area contributed by atoms with Crippen LogP contribution in [0.5, 0.6) is 0 Å². The number of fused-ring (bicyclic) bond motifs is 2. The van der Waals surface area contributed by atoms with Crippen LogP contribution in [0.4, 0.5) is 0 Å². The average Bonchev–Trinajstić information content (AvgIpc) is 2.55. The van der Waals surface area contributed by atoms with Gasteiger partial charge < -0.3 is 0 Å². The lowest BCUT2D eigenvalue weighted by Crippen LogP contribution is -2.16. The van der Waals surface area contributed by atoms with Crippen molar-refractivity contribution in [2.75, 3.05) is 0 Å². The Hall–Kier alpha value is -2.27. The molecule has 2 heteroatoms. The van der Waals surface area contributed by atoms with Gasteiger partial charge in [-0.2, -0.15) is 0 Å². The highest BCUT2D eigenvalue weighted by Crippen LogP contribution is 2.27. The van der Waals surface area contributed by atoms with Crippen LogP contribution in [0.2, 0.25) is 39.3 Å². The predicted molar refractivity (Wildman–Crippen MR) is 122 cm³/mol. The molecule has 0 bridgehead atoms. The summed E-state index contributed by atoms with van der Waals surface area (Å²) in [5, 5.41) is 4.95. The van der Waals surface area contributed by atoms with Crippen LogP contribution < -0.4 is 0 Å². The van der Waals surface area contributed by atoms with Crippen molar-refractivity contribution in [1.82, 2.24) is 0 Å². The zero-order chi connectivity index (χ0) is 18.9. The van der Waals surface area contributed by atoms with E-state index in [-0.39, 0.29) is 0 Å². The van der Waals surface area contributed by atoms with Crippen molar-refractivity contribution in [1.29, 1.82) is 0 Å². The maximum absolute atomic E-state index is 3.50. The van der Waals surface area contributed by atoms with Crippen molar-refractivity contribution >= 4 is 37.7 Å². The van der Waals surface area contributed by atoms with Gasteiger partial charge in [-0.3, -0.25) is 0 Å². The first kappa shape index (κ1) is 18.5. The van der Waals surface area contributed by atoms with Crippen molar-refractivity contribution in [3.8, 4) is 22.9 Å². The van der Waals surface area contributed by atoms with Crippen molar-refractivity contribution in [3.05, 3.63) is 59.7 Å². The summed E-state index contributed by atoms with van der Waals surface area (Å²) in [6.07, 6.45) is 0. The normalized spacial score (nSPS) is 11.6. The van der Waals surface area contributed by atoms with Crippen LogP contribution in [0.1, 0.15) is 11.1 Å². The van der Waals surface area contributed by atoms with Crippen molar-refractivity contribution in [2.45, 2.75) is 39.3 Å². The fraction of sp³-hybridized carbons (Fsp3) is 0.250. The van der Waals surface area contributed by atoms with Gasteiger partial charge in [0.25, 0.3) is 0 Å². The van der Waals surface area contributed by atoms with Gasteiger partial charge >= 0.3 is 0 Å². The Bertz CT molecular complexity index is 1010. The van der Waals surface area contributed by atoms with Crippen LogP contribution in [0.15, 0.2) is 48.5 Å². The molecule has 3 aromatic carbocycles. The highest BCUT2D eigenvalue weighted by atomic mass is 28.3. The van der Waals surface area contributed by atoms with Crippen LogP contribution >= 0.6 is 0 Å². The monoisotopic (exact) mass is 370 g/mol. The van der Waals surface area contributed by atoms with Crippen LogP contribution in [-0.2, 0) is 0 Å². The van der Waals surface area contributed by atoms with E-state index in [2.05, 4.69) is 111 Å². The van der Waals surface area contributed by atoms with E-state index in [0.717, 1.165) is 11.1 Å². The fourth-order valence-electron chi connectivity index (χ4n) is 2.78. The van der Waals surface area contributed by atoms with Gasteiger partial charge in [0.05, 0.1) is 0 Å². The van der Waals surface area contributed by atoms with Gasteiger partial charge in [0.1, 0.15) is 16.1 Å². The molecule has 3 rings (SSSR count). The molecule has 3 aromatic rings. The summed E-state index contributed by atoms with van der Waals surface area (Å²) in [6, 6.07) is 17.4. The Morgan fingerprint density at radius 1 is 0.577 bits per heavy atom. The number of benzene rings is 3. The molecular formula is C24H26Si2. The van der Waals surface area contributed by atoms with Gasteiger partial charge in [-0.05, 0) is 45.8 Å². The summed E-state index contributed by atoms with van der Waals surface area (Å²) < 4.78 is 0. The van der Waals surface area contributed by atoms with Gasteiger partial charge in [-0.25, -0.2) is 0 Å². The largest absolute Gasteiger partial charge is 0.129 e. The van der Waals surface area contributed by atoms with Crippen LogP contribution in [0, 0.1) is 22.9 Å². The van der Waals surface area contributed by atoms with E-state index in [9.17, 15) is 0 Å². The quantitative estimate of drug-likeness (QED) is 0.242. The van der Waals surface area contributed by atoms with Crippen molar-refractivity contribution in [3.63, 3.8) is 0 Å². The highest BCUT2D eigenvalue weighted by Gasteiger charge is 2.10. The average molecular weight is 371 g/mol. The Morgan fingerprint density at radius 3 is 1.31 bits per heavy atom. The maximum atomic E-state index is 3.50.